The van der Waals surface area contributed by atoms with E-state index in [1.807, 2.05) is 30.3 Å². The van der Waals surface area contributed by atoms with Crippen LogP contribution in [0.3, 0.4) is 0 Å². The molecular formula is C21H25N3O4. The summed E-state index contributed by atoms with van der Waals surface area (Å²) in [7, 11) is 0. The number of ketones is 1. The molecule has 3 atom stereocenters. The van der Waals surface area contributed by atoms with Crippen LogP contribution in [0.2, 0.25) is 0 Å². The van der Waals surface area contributed by atoms with Gasteiger partial charge in [-0.25, -0.2) is 0 Å². The maximum Gasteiger partial charge on any atom is 0.238 e. The quantitative estimate of drug-likeness (QED) is 0.473. The van der Waals surface area contributed by atoms with Gasteiger partial charge in [-0.15, -0.1) is 0 Å². The molecule has 0 spiro atoms. The van der Waals surface area contributed by atoms with Crippen molar-refractivity contribution in [1.82, 2.24) is 10.6 Å². The highest BCUT2D eigenvalue weighted by Gasteiger charge is 2.22. The minimum Gasteiger partial charge on any atom is -0.454 e. The molecule has 0 bridgehead atoms. The van der Waals surface area contributed by atoms with E-state index in [2.05, 4.69) is 10.6 Å². The predicted molar refractivity (Wildman–Crippen MR) is 105 cm³/mol. The zero-order valence-electron chi connectivity index (χ0n) is 16.0. The summed E-state index contributed by atoms with van der Waals surface area (Å²) in [4.78, 5) is 25.0. The fourth-order valence-corrected chi connectivity index (χ4v) is 3.07. The van der Waals surface area contributed by atoms with Crippen molar-refractivity contribution in [1.29, 1.82) is 0 Å². The average molecular weight is 383 g/mol. The van der Waals surface area contributed by atoms with Crippen molar-refractivity contribution >= 4 is 11.7 Å². The Morgan fingerprint density at radius 2 is 1.79 bits per heavy atom. The van der Waals surface area contributed by atoms with Crippen LogP contribution < -0.4 is 25.8 Å². The summed E-state index contributed by atoms with van der Waals surface area (Å²) in [5, 5.41) is 5.89. The van der Waals surface area contributed by atoms with Gasteiger partial charge < -0.3 is 20.5 Å². The molecule has 7 nitrogen and oxygen atoms in total. The van der Waals surface area contributed by atoms with Crippen molar-refractivity contribution < 1.29 is 19.1 Å². The van der Waals surface area contributed by atoms with Crippen molar-refractivity contribution in [2.45, 2.75) is 38.5 Å². The molecule has 1 heterocycles. The van der Waals surface area contributed by atoms with Crippen LogP contribution in [-0.4, -0.2) is 36.7 Å². The Bertz CT molecular complexity index is 841. The van der Waals surface area contributed by atoms with Gasteiger partial charge in [0.05, 0.1) is 18.2 Å². The van der Waals surface area contributed by atoms with E-state index in [0.29, 0.717) is 23.5 Å². The van der Waals surface area contributed by atoms with Gasteiger partial charge in [-0.05, 0) is 44.0 Å². The summed E-state index contributed by atoms with van der Waals surface area (Å²) in [6.45, 7) is 3.68. The molecular weight excluding hydrogens is 358 g/mol. The number of fused-ring (bicyclic) bond motifs is 1. The van der Waals surface area contributed by atoms with E-state index in [-0.39, 0.29) is 18.5 Å². The standard InChI is InChI=1S/C21H25N3O4/c1-13(20(25)16-8-9-18-19(11-16)28-12-27-18)23-14(2)24-21(26)17(22)10-15-6-4-3-5-7-15/h3-9,11,13-14,17,23H,10,12,22H2,1-2H3,(H,24,26). The van der Waals surface area contributed by atoms with Crippen LogP contribution in [0.4, 0.5) is 0 Å². The Morgan fingerprint density at radius 1 is 1.07 bits per heavy atom. The van der Waals surface area contributed by atoms with Crippen LogP contribution in [0.1, 0.15) is 29.8 Å². The predicted octanol–water partition coefficient (Wildman–Crippen LogP) is 1.61. The summed E-state index contributed by atoms with van der Waals surface area (Å²) in [5.74, 6) is 0.816. The Kier molecular flexibility index (Phi) is 6.28. The Morgan fingerprint density at radius 3 is 2.54 bits per heavy atom. The monoisotopic (exact) mass is 383 g/mol. The normalized spacial score (nSPS) is 15.5. The zero-order chi connectivity index (χ0) is 20.1. The first-order chi connectivity index (χ1) is 13.4. The van der Waals surface area contributed by atoms with E-state index < -0.39 is 18.2 Å². The summed E-state index contributed by atoms with van der Waals surface area (Å²) < 4.78 is 10.6. The first-order valence-electron chi connectivity index (χ1n) is 9.24. The highest BCUT2D eigenvalue weighted by atomic mass is 16.7. The number of nitrogens with two attached hydrogens (primary N) is 1. The summed E-state index contributed by atoms with van der Waals surface area (Å²) >= 11 is 0. The molecule has 4 N–H and O–H groups in total. The molecule has 0 radical (unpaired) electrons. The topological polar surface area (TPSA) is 103 Å². The Labute approximate surface area is 164 Å². The van der Waals surface area contributed by atoms with Crippen LogP contribution >= 0.6 is 0 Å². The SMILES string of the molecule is CC(NC(=O)C(N)Cc1ccccc1)NC(C)C(=O)c1ccc2c(c1)OCO2. The van der Waals surface area contributed by atoms with E-state index in [0.717, 1.165) is 5.56 Å². The van der Waals surface area contributed by atoms with Gasteiger partial charge in [-0.1, -0.05) is 30.3 Å². The number of carbonyl (C=O) groups excluding carboxylic acids is 2. The van der Waals surface area contributed by atoms with Gasteiger partial charge in [0.25, 0.3) is 0 Å². The third kappa shape index (κ3) is 4.88. The van der Waals surface area contributed by atoms with Crippen molar-refractivity contribution in [3.8, 4) is 11.5 Å². The third-order valence-corrected chi connectivity index (χ3v) is 4.54. The molecule has 1 amide bonds. The largest absolute Gasteiger partial charge is 0.454 e. The molecule has 0 saturated carbocycles. The fraction of sp³-hybridized carbons (Fsp3) is 0.333. The van der Waals surface area contributed by atoms with Gasteiger partial charge in [0.15, 0.2) is 17.3 Å². The van der Waals surface area contributed by atoms with Crippen LogP contribution in [0, 0.1) is 0 Å². The molecule has 0 aliphatic carbocycles. The smallest absolute Gasteiger partial charge is 0.238 e. The van der Waals surface area contributed by atoms with Crippen LogP contribution in [-0.2, 0) is 11.2 Å². The molecule has 7 heteroatoms. The lowest BCUT2D eigenvalue weighted by Gasteiger charge is -2.22. The maximum absolute atomic E-state index is 12.6. The van der Waals surface area contributed by atoms with Gasteiger partial charge in [0.2, 0.25) is 12.7 Å². The van der Waals surface area contributed by atoms with Crippen LogP contribution in [0.25, 0.3) is 0 Å². The molecule has 0 aromatic heterocycles. The summed E-state index contributed by atoms with van der Waals surface area (Å²) in [5.41, 5.74) is 7.51. The molecule has 3 unspecified atom stereocenters. The summed E-state index contributed by atoms with van der Waals surface area (Å²) in [6, 6.07) is 13.5. The van der Waals surface area contributed by atoms with Crippen LogP contribution in [0.5, 0.6) is 11.5 Å². The number of rotatable bonds is 8. The van der Waals surface area contributed by atoms with Gasteiger partial charge in [0, 0.05) is 5.56 Å². The highest BCUT2D eigenvalue weighted by Crippen LogP contribution is 2.32. The second-order valence-electron chi connectivity index (χ2n) is 6.85. The van der Waals surface area contributed by atoms with Crippen molar-refractivity contribution in [3.63, 3.8) is 0 Å². The molecule has 3 rings (SSSR count). The van der Waals surface area contributed by atoms with E-state index >= 15 is 0 Å². The number of nitrogens with one attached hydrogen (secondary N) is 2. The number of carbonyl (C=O) groups is 2. The number of Topliss-reactive ketones (excluding diaryl/α,β-unsaturated/α-hetero) is 1. The first kappa shape index (κ1) is 19.9. The molecule has 0 fully saturated rings. The Balaban J connectivity index is 1.51. The van der Waals surface area contributed by atoms with Crippen molar-refractivity contribution in [3.05, 3.63) is 59.7 Å². The van der Waals surface area contributed by atoms with Crippen molar-refractivity contribution in [2.24, 2.45) is 5.73 Å². The molecule has 1 aliphatic rings. The summed E-state index contributed by atoms with van der Waals surface area (Å²) in [6.07, 6.45) is 0.0349. The van der Waals surface area contributed by atoms with Gasteiger partial charge >= 0.3 is 0 Å². The van der Waals surface area contributed by atoms with Gasteiger partial charge in [-0.3, -0.25) is 14.9 Å². The number of amides is 1. The molecule has 2 aromatic rings. The number of ether oxygens (including phenoxy) is 2. The number of benzene rings is 2. The molecule has 2 aromatic carbocycles. The first-order valence-corrected chi connectivity index (χ1v) is 9.24. The number of hydrogen-bond acceptors (Lipinski definition) is 6. The molecule has 1 aliphatic heterocycles. The maximum atomic E-state index is 12.6. The molecule has 28 heavy (non-hydrogen) atoms. The van der Waals surface area contributed by atoms with E-state index in [9.17, 15) is 9.59 Å². The van der Waals surface area contributed by atoms with Crippen LogP contribution in [0.15, 0.2) is 48.5 Å². The molecule has 148 valence electrons. The van der Waals surface area contributed by atoms with E-state index in [1.165, 1.54) is 0 Å². The third-order valence-electron chi connectivity index (χ3n) is 4.54. The lowest BCUT2D eigenvalue weighted by Crippen LogP contribution is -2.53. The van der Waals surface area contributed by atoms with E-state index in [4.69, 9.17) is 15.2 Å². The second kappa shape index (κ2) is 8.86. The molecule has 0 saturated heterocycles. The lowest BCUT2D eigenvalue weighted by atomic mass is 10.0. The zero-order valence-corrected chi connectivity index (χ0v) is 16.0. The lowest BCUT2D eigenvalue weighted by molar-refractivity contribution is -0.123. The fourth-order valence-electron chi connectivity index (χ4n) is 3.07. The Hall–Kier alpha value is -2.90. The average Bonchev–Trinajstić information content (AvgIpc) is 3.15. The van der Waals surface area contributed by atoms with E-state index in [1.54, 1.807) is 32.0 Å². The second-order valence-corrected chi connectivity index (χ2v) is 6.85. The minimum absolute atomic E-state index is 0.104. The van der Waals surface area contributed by atoms with Gasteiger partial charge in [0.1, 0.15) is 0 Å². The highest BCUT2D eigenvalue weighted by molar-refractivity contribution is 6.00. The van der Waals surface area contributed by atoms with Crippen molar-refractivity contribution in [2.75, 3.05) is 6.79 Å². The minimum atomic E-state index is -0.661. The number of hydrogen-bond donors (Lipinski definition) is 3. The van der Waals surface area contributed by atoms with Gasteiger partial charge in [-0.2, -0.15) is 0 Å².